The molecule has 1 heterocycles. The van der Waals surface area contributed by atoms with Crippen LogP contribution in [0.25, 0.3) is 10.8 Å². The van der Waals surface area contributed by atoms with Gasteiger partial charge in [-0.05, 0) is 55.8 Å². The van der Waals surface area contributed by atoms with Crippen LogP contribution >= 0.6 is 0 Å². The number of likely N-dealkylation sites (N-methyl/N-ethyl adjacent to an activating group) is 1. The van der Waals surface area contributed by atoms with Crippen LogP contribution < -0.4 is 21.8 Å². The van der Waals surface area contributed by atoms with Gasteiger partial charge in [-0.1, -0.05) is 55.7 Å². The van der Waals surface area contributed by atoms with Gasteiger partial charge in [-0.3, -0.25) is 20.1 Å². The minimum absolute atomic E-state index is 0.160. The number of hydroxylamine groups is 1. The monoisotopic (exact) mass is 614 g/mol. The van der Waals surface area contributed by atoms with Gasteiger partial charge in [0, 0.05) is 54.0 Å². The first kappa shape index (κ1) is 35.0. The van der Waals surface area contributed by atoms with E-state index in [2.05, 4.69) is 44.2 Å². The lowest BCUT2D eigenvalue weighted by Gasteiger charge is -2.23. The van der Waals surface area contributed by atoms with Crippen molar-refractivity contribution < 1.29 is 25.0 Å². The number of benzene rings is 2. The molecule has 1 aromatic heterocycles. The zero-order valence-corrected chi connectivity index (χ0v) is 25.8. The van der Waals surface area contributed by atoms with E-state index in [9.17, 15) is 19.8 Å². The number of carbonyl (C=O) groups is 2. The normalized spacial score (nSPS) is 12.0. The highest BCUT2D eigenvalue weighted by atomic mass is 16.5. The molecular weight excluding hydrogens is 572 g/mol. The molecule has 0 bridgehead atoms. The molecule has 0 aliphatic carbocycles. The molecule has 3 rings (SSSR count). The van der Waals surface area contributed by atoms with Crippen molar-refractivity contribution in [1.29, 1.82) is 0 Å². The Hall–Kier alpha value is -4.49. The third-order valence-electron chi connectivity index (χ3n) is 7.18. The van der Waals surface area contributed by atoms with E-state index in [4.69, 9.17) is 10.9 Å². The molecule has 0 saturated carbocycles. The second-order valence-electron chi connectivity index (χ2n) is 10.5. The van der Waals surface area contributed by atoms with E-state index in [1.165, 1.54) is 0 Å². The summed E-state index contributed by atoms with van der Waals surface area (Å²) in [6.07, 6.45) is 1.63. The molecule has 2 aromatic carbocycles. The van der Waals surface area contributed by atoms with Gasteiger partial charge < -0.3 is 26.2 Å². The number of hydrogen-bond acceptors (Lipinski definition) is 9. The van der Waals surface area contributed by atoms with Gasteiger partial charge in [0.1, 0.15) is 12.0 Å². The minimum atomic E-state index is -0.920. The number of hydrogen-bond donors (Lipinski definition) is 7. The molecule has 2 amide bonds. The molecule has 0 radical (unpaired) electrons. The third-order valence-corrected chi connectivity index (χ3v) is 7.18. The SMILES string of the molecule is CCN(CC)CC(O)CNC(O)c1ccc(C#Cc2c(N)ncc3ccc(C#CCNC(=O)CCCCC(=O)NO)cc23)cc1. The Kier molecular flexibility index (Phi) is 14.3. The molecular formula is C34H42N6O5. The maximum absolute atomic E-state index is 12.0. The Morgan fingerprint density at radius 2 is 1.64 bits per heavy atom. The minimum Gasteiger partial charge on any atom is -0.390 e. The number of fused-ring (bicyclic) bond motifs is 1. The van der Waals surface area contributed by atoms with Gasteiger partial charge in [0.05, 0.1) is 18.2 Å². The first-order valence-electron chi connectivity index (χ1n) is 15.0. The fourth-order valence-corrected chi connectivity index (χ4v) is 4.53. The molecule has 8 N–H and O–H groups in total. The number of amides is 2. The zero-order chi connectivity index (χ0) is 32.6. The fourth-order valence-electron chi connectivity index (χ4n) is 4.53. The number of nitrogens with two attached hydrogens (primary N) is 1. The highest BCUT2D eigenvalue weighted by Gasteiger charge is 2.13. The number of unbranched alkanes of at least 4 members (excludes halogenated alkanes) is 1. The number of carbonyl (C=O) groups excluding carboxylic acids is 2. The molecule has 45 heavy (non-hydrogen) atoms. The Morgan fingerprint density at radius 3 is 2.33 bits per heavy atom. The molecule has 11 heteroatoms. The van der Waals surface area contributed by atoms with Gasteiger partial charge in [0.2, 0.25) is 11.8 Å². The van der Waals surface area contributed by atoms with Crippen molar-refractivity contribution in [2.24, 2.45) is 0 Å². The van der Waals surface area contributed by atoms with Gasteiger partial charge in [-0.2, -0.15) is 0 Å². The first-order valence-corrected chi connectivity index (χ1v) is 15.0. The number of nitrogens with one attached hydrogen (secondary N) is 3. The fraction of sp³-hybridized carbons (Fsp3) is 0.382. The number of rotatable bonds is 14. The van der Waals surface area contributed by atoms with E-state index in [0.717, 1.165) is 35.0 Å². The van der Waals surface area contributed by atoms with Crippen LogP contribution in [-0.2, 0) is 9.59 Å². The van der Waals surface area contributed by atoms with Crippen molar-refractivity contribution in [1.82, 2.24) is 26.0 Å². The summed E-state index contributed by atoms with van der Waals surface area (Å²) in [6, 6.07) is 12.8. The Bertz CT molecular complexity index is 1550. The molecule has 3 aromatic rings. The predicted molar refractivity (Wildman–Crippen MR) is 174 cm³/mol. The summed E-state index contributed by atoms with van der Waals surface area (Å²) >= 11 is 0. The Labute approximate surface area is 264 Å². The smallest absolute Gasteiger partial charge is 0.243 e. The second-order valence-corrected chi connectivity index (χ2v) is 10.5. The quantitative estimate of drug-likeness (QED) is 0.0472. The number of aliphatic hydroxyl groups excluding tert-OH is 2. The number of nitrogen functional groups attached to an aromatic ring is 1. The summed E-state index contributed by atoms with van der Waals surface area (Å²) in [5.41, 5.74) is 10.5. The van der Waals surface area contributed by atoms with Crippen LogP contribution in [0.3, 0.4) is 0 Å². The lowest BCUT2D eigenvalue weighted by molar-refractivity contribution is -0.129. The average molecular weight is 615 g/mol. The van der Waals surface area contributed by atoms with Gasteiger partial charge in [0.15, 0.2) is 0 Å². The molecule has 2 unspecified atom stereocenters. The Balaban J connectivity index is 1.62. The standard InChI is InChI=1S/C34H42N6O5/c1-3-40(4-2)23-28(41)22-38-34(44)26-15-11-24(12-16-26)14-18-29-30-20-25(13-17-27(30)21-37-33(29)35)8-7-19-36-31(42)9-5-6-10-32(43)39-45/h11-13,15-17,20-21,28,34,38,41,44-45H,3-6,9-10,19,22-23H2,1-2H3,(H2,35,37)(H,36,42)(H,39,43). The van der Waals surface area contributed by atoms with E-state index < -0.39 is 18.2 Å². The van der Waals surface area contributed by atoms with Crippen LogP contribution in [0.1, 0.15) is 68.0 Å². The predicted octanol–water partition coefficient (Wildman–Crippen LogP) is 2.03. The van der Waals surface area contributed by atoms with Gasteiger partial charge >= 0.3 is 0 Å². The number of aromatic nitrogens is 1. The zero-order valence-electron chi connectivity index (χ0n) is 25.8. The van der Waals surface area contributed by atoms with Crippen LogP contribution in [0.4, 0.5) is 5.82 Å². The third kappa shape index (κ3) is 11.5. The first-order chi connectivity index (χ1) is 21.7. The molecule has 0 aliphatic heterocycles. The molecule has 0 aliphatic rings. The molecule has 11 nitrogen and oxygen atoms in total. The van der Waals surface area contributed by atoms with Crippen molar-refractivity contribution in [3.05, 3.63) is 70.9 Å². The molecule has 0 fully saturated rings. The highest BCUT2D eigenvalue weighted by molar-refractivity contribution is 5.92. The van der Waals surface area contributed by atoms with Gasteiger partial charge in [0.25, 0.3) is 0 Å². The van der Waals surface area contributed by atoms with Crippen LogP contribution in [0.2, 0.25) is 0 Å². The molecule has 0 saturated heterocycles. The maximum Gasteiger partial charge on any atom is 0.243 e. The van der Waals surface area contributed by atoms with E-state index >= 15 is 0 Å². The lowest BCUT2D eigenvalue weighted by atomic mass is 10.0. The van der Waals surface area contributed by atoms with Crippen molar-refractivity contribution in [3.8, 4) is 23.7 Å². The van der Waals surface area contributed by atoms with Crippen molar-refractivity contribution in [3.63, 3.8) is 0 Å². The number of aliphatic hydroxyl groups is 2. The summed E-state index contributed by atoms with van der Waals surface area (Å²) < 4.78 is 0. The van der Waals surface area contributed by atoms with Crippen LogP contribution in [0.15, 0.2) is 48.7 Å². The summed E-state index contributed by atoms with van der Waals surface area (Å²) in [5.74, 6) is 11.9. The van der Waals surface area contributed by atoms with Crippen molar-refractivity contribution in [2.75, 3.05) is 38.5 Å². The maximum atomic E-state index is 12.0. The lowest BCUT2D eigenvalue weighted by Crippen LogP contribution is -2.39. The topological polar surface area (TPSA) is 173 Å². The second kappa shape index (κ2) is 18.3. The van der Waals surface area contributed by atoms with E-state index in [0.29, 0.717) is 36.3 Å². The van der Waals surface area contributed by atoms with Gasteiger partial charge in [-0.15, -0.1) is 0 Å². The molecule has 0 spiro atoms. The van der Waals surface area contributed by atoms with E-state index in [1.54, 1.807) is 23.8 Å². The largest absolute Gasteiger partial charge is 0.390 e. The number of anilines is 1. The number of nitrogens with zero attached hydrogens (tertiary/aromatic N) is 2. The summed E-state index contributed by atoms with van der Waals surface area (Å²) in [5, 5.41) is 36.6. The molecule has 238 valence electrons. The van der Waals surface area contributed by atoms with Crippen LogP contribution in [0, 0.1) is 23.7 Å². The van der Waals surface area contributed by atoms with Crippen molar-refractivity contribution in [2.45, 2.75) is 51.9 Å². The summed E-state index contributed by atoms with van der Waals surface area (Å²) in [6.45, 7) is 6.79. The van der Waals surface area contributed by atoms with E-state index in [-0.39, 0.29) is 31.8 Å². The van der Waals surface area contributed by atoms with Crippen LogP contribution in [-0.4, -0.2) is 75.9 Å². The van der Waals surface area contributed by atoms with Gasteiger partial charge in [-0.25, -0.2) is 10.5 Å². The molecule has 2 atom stereocenters. The number of pyridine rings is 1. The van der Waals surface area contributed by atoms with Crippen molar-refractivity contribution >= 4 is 28.4 Å². The summed E-state index contributed by atoms with van der Waals surface area (Å²) in [4.78, 5) is 29.4. The van der Waals surface area contributed by atoms with Crippen LogP contribution in [0.5, 0.6) is 0 Å². The average Bonchev–Trinajstić information content (AvgIpc) is 3.06. The summed E-state index contributed by atoms with van der Waals surface area (Å²) in [7, 11) is 0. The van der Waals surface area contributed by atoms with E-state index in [1.807, 2.05) is 44.2 Å². The highest BCUT2D eigenvalue weighted by Crippen LogP contribution is 2.23. The Morgan fingerprint density at radius 1 is 0.956 bits per heavy atom.